The van der Waals surface area contributed by atoms with Crippen molar-refractivity contribution in [2.24, 2.45) is 0 Å². The van der Waals surface area contributed by atoms with Gasteiger partial charge in [-0.2, -0.15) is 5.10 Å². The van der Waals surface area contributed by atoms with Crippen molar-refractivity contribution in [2.45, 2.75) is 25.3 Å². The number of amides is 1. The van der Waals surface area contributed by atoms with Crippen molar-refractivity contribution in [3.8, 4) is 0 Å². The lowest BCUT2D eigenvalue weighted by molar-refractivity contribution is 0.0704. The molecule has 1 atom stereocenters. The third-order valence-electron chi connectivity index (χ3n) is 4.44. The fourth-order valence-electron chi connectivity index (χ4n) is 3.11. The molecule has 0 saturated carbocycles. The third kappa shape index (κ3) is 3.56. The van der Waals surface area contributed by atoms with E-state index in [0.717, 1.165) is 25.1 Å². The highest BCUT2D eigenvalue weighted by Gasteiger charge is 2.26. The number of carbonyl (C=O) groups is 1. The molecule has 0 bridgehead atoms. The first-order valence-electron chi connectivity index (χ1n) is 8.17. The Balaban J connectivity index is 1.74. The van der Waals surface area contributed by atoms with Crippen LogP contribution in [0.4, 0.5) is 0 Å². The Hall–Kier alpha value is -2.41. The van der Waals surface area contributed by atoms with E-state index in [4.69, 9.17) is 4.74 Å². The van der Waals surface area contributed by atoms with E-state index < -0.39 is 0 Å². The first-order chi connectivity index (χ1) is 11.7. The van der Waals surface area contributed by atoms with Crippen LogP contribution in [0.2, 0.25) is 0 Å². The summed E-state index contributed by atoms with van der Waals surface area (Å²) in [6, 6.07) is 5.01. The van der Waals surface area contributed by atoms with E-state index in [-0.39, 0.29) is 17.4 Å². The van der Waals surface area contributed by atoms with Crippen molar-refractivity contribution in [1.29, 1.82) is 0 Å². The molecule has 0 spiro atoms. The molecule has 1 fully saturated rings. The Labute approximate surface area is 140 Å². The minimum absolute atomic E-state index is 0.0367. The summed E-state index contributed by atoms with van der Waals surface area (Å²) in [7, 11) is 1.59. The summed E-state index contributed by atoms with van der Waals surface area (Å²) in [5, 5.41) is 7.00. The van der Waals surface area contributed by atoms with E-state index in [9.17, 15) is 9.59 Å². The van der Waals surface area contributed by atoms with E-state index in [0.29, 0.717) is 25.3 Å². The highest BCUT2D eigenvalue weighted by Crippen LogP contribution is 2.26. The Morgan fingerprint density at radius 3 is 3.04 bits per heavy atom. The minimum Gasteiger partial charge on any atom is -0.383 e. The number of nitrogens with one attached hydrogen (secondary N) is 1. The molecule has 2 aromatic heterocycles. The van der Waals surface area contributed by atoms with Gasteiger partial charge >= 0.3 is 0 Å². The smallest absolute Gasteiger partial charge is 0.255 e. The maximum absolute atomic E-state index is 12.8. The fourth-order valence-corrected chi connectivity index (χ4v) is 3.11. The number of hydrogen-bond donors (Lipinski definition) is 1. The van der Waals surface area contributed by atoms with Gasteiger partial charge in [-0.1, -0.05) is 0 Å². The van der Waals surface area contributed by atoms with Gasteiger partial charge < -0.3 is 14.2 Å². The molecule has 7 nitrogen and oxygen atoms in total. The van der Waals surface area contributed by atoms with Crippen LogP contribution in [0.5, 0.6) is 0 Å². The molecule has 7 heteroatoms. The highest BCUT2D eigenvalue weighted by atomic mass is 16.5. The van der Waals surface area contributed by atoms with E-state index in [1.165, 1.54) is 10.6 Å². The summed E-state index contributed by atoms with van der Waals surface area (Å²) in [5.41, 5.74) is 1.48. The van der Waals surface area contributed by atoms with Crippen LogP contribution in [-0.2, 0) is 11.3 Å². The Morgan fingerprint density at radius 2 is 2.29 bits per heavy atom. The number of carbonyl (C=O) groups excluding carboxylic acids is 1. The topological polar surface area (TPSA) is 80.2 Å². The van der Waals surface area contributed by atoms with Gasteiger partial charge in [-0.05, 0) is 25.0 Å². The second-order valence-corrected chi connectivity index (χ2v) is 6.04. The van der Waals surface area contributed by atoms with Gasteiger partial charge in [-0.15, -0.1) is 0 Å². The fraction of sp³-hybridized carbons (Fsp3) is 0.471. The van der Waals surface area contributed by atoms with E-state index in [2.05, 4.69) is 10.2 Å². The van der Waals surface area contributed by atoms with Crippen LogP contribution < -0.4 is 5.56 Å². The number of aromatic amines is 1. The van der Waals surface area contributed by atoms with Crippen molar-refractivity contribution < 1.29 is 9.53 Å². The minimum atomic E-state index is -0.127. The zero-order valence-corrected chi connectivity index (χ0v) is 13.8. The molecule has 1 amide bonds. The second-order valence-electron chi connectivity index (χ2n) is 6.04. The van der Waals surface area contributed by atoms with Crippen LogP contribution in [0.25, 0.3) is 0 Å². The monoisotopic (exact) mass is 330 g/mol. The van der Waals surface area contributed by atoms with Gasteiger partial charge in [-0.3, -0.25) is 14.7 Å². The number of pyridine rings is 1. The predicted octanol–water partition coefficient (Wildman–Crippen LogP) is 1.24. The first kappa shape index (κ1) is 16.4. The number of rotatable bonds is 5. The number of likely N-dealkylation sites (tertiary alicyclic amines) is 1. The van der Waals surface area contributed by atoms with Gasteiger partial charge in [0.15, 0.2) is 0 Å². The number of methoxy groups -OCH3 is 1. The summed E-state index contributed by atoms with van der Waals surface area (Å²) >= 11 is 0. The van der Waals surface area contributed by atoms with E-state index >= 15 is 0 Å². The quantitative estimate of drug-likeness (QED) is 0.894. The molecule has 2 aromatic rings. The normalized spacial score (nSPS) is 17.9. The molecule has 1 unspecified atom stereocenters. The SMILES string of the molecule is COCCn1cc(C(=O)N2CCCC(c3ccn[nH]3)C2)ccc1=O. The third-order valence-corrected chi connectivity index (χ3v) is 4.44. The standard InChI is InChI=1S/C17H22N4O3/c1-24-10-9-20-12-14(4-5-16(20)22)17(23)21-8-2-3-13(11-21)15-6-7-18-19-15/h4-7,12-13H,2-3,8-11H2,1H3,(H,18,19). The molecule has 0 radical (unpaired) electrons. The summed E-state index contributed by atoms with van der Waals surface area (Å²) in [6.07, 6.45) is 5.36. The van der Waals surface area contributed by atoms with Crippen molar-refractivity contribution in [3.05, 3.63) is 52.2 Å². The van der Waals surface area contributed by atoms with Gasteiger partial charge in [0.25, 0.3) is 11.5 Å². The van der Waals surface area contributed by atoms with Gasteiger partial charge in [0.2, 0.25) is 0 Å². The summed E-state index contributed by atoms with van der Waals surface area (Å²) in [4.78, 5) is 26.5. The van der Waals surface area contributed by atoms with Crippen molar-refractivity contribution in [3.63, 3.8) is 0 Å². The zero-order valence-electron chi connectivity index (χ0n) is 13.8. The Kier molecular flexibility index (Phi) is 5.10. The summed E-state index contributed by atoms with van der Waals surface area (Å²) < 4.78 is 6.53. The van der Waals surface area contributed by atoms with Crippen molar-refractivity contribution in [1.82, 2.24) is 19.7 Å². The molecule has 1 aliphatic rings. The van der Waals surface area contributed by atoms with Crippen molar-refractivity contribution in [2.75, 3.05) is 26.8 Å². The van der Waals surface area contributed by atoms with Gasteiger partial charge in [-0.25, -0.2) is 0 Å². The van der Waals surface area contributed by atoms with Gasteiger partial charge in [0.05, 0.1) is 12.2 Å². The highest BCUT2D eigenvalue weighted by molar-refractivity contribution is 5.94. The number of H-pyrrole nitrogens is 1. The molecule has 1 aliphatic heterocycles. The number of ether oxygens (including phenoxy) is 1. The lowest BCUT2D eigenvalue weighted by Gasteiger charge is -2.32. The van der Waals surface area contributed by atoms with Crippen molar-refractivity contribution >= 4 is 5.91 Å². The van der Waals surface area contributed by atoms with Gasteiger partial charge in [0.1, 0.15) is 0 Å². The zero-order chi connectivity index (χ0) is 16.9. The van der Waals surface area contributed by atoms with Crippen LogP contribution in [0, 0.1) is 0 Å². The number of hydrogen-bond acceptors (Lipinski definition) is 4. The number of aromatic nitrogens is 3. The Morgan fingerprint density at radius 1 is 1.42 bits per heavy atom. The molecule has 3 heterocycles. The van der Waals surface area contributed by atoms with Crippen LogP contribution in [0.15, 0.2) is 35.4 Å². The molecule has 3 rings (SSSR count). The van der Waals surface area contributed by atoms with Crippen LogP contribution in [0.1, 0.15) is 34.8 Å². The van der Waals surface area contributed by atoms with E-state index in [1.54, 1.807) is 25.6 Å². The first-order valence-corrected chi connectivity index (χ1v) is 8.17. The molecular weight excluding hydrogens is 308 g/mol. The molecule has 0 aliphatic carbocycles. The van der Waals surface area contributed by atoms with Gasteiger partial charge in [0, 0.05) is 56.8 Å². The lowest BCUT2D eigenvalue weighted by Crippen LogP contribution is -2.39. The largest absolute Gasteiger partial charge is 0.383 e. The van der Waals surface area contributed by atoms with Crippen LogP contribution >= 0.6 is 0 Å². The maximum atomic E-state index is 12.8. The second kappa shape index (κ2) is 7.44. The van der Waals surface area contributed by atoms with Crippen LogP contribution in [-0.4, -0.2) is 52.4 Å². The van der Waals surface area contributed by atoms with E-state index in [1.807, 2.05) is 11.0 Å². The molecule has 24 heavy (non-hydrogen) atoms. The summed E-state index contributed by atoms with van der Waals surface area (Å²) in [5.74, 6) is 0.245. The molecule has 0 aromatic carbocycles. The molecular formula is C17H22N4O3. The number of nitrogens with zero attached hydrogens (tertiary/aromatic N) is 3. The molecule has 128 valence electrons. The van der Waals surface area contributed by atoms with Crippen LogP contribution in [0.3, 0.4) is 0 Å². The Bertz CT molecular complexity index is 739. The average Bonchev–Trinajstić information content (AvgIpc) is 3.15. The summed E-state index contributed by atoms with van der Waals surface area (Å²) in [6.45, 7) is 2.27. The average molecular weight is 330 g/mol. The maximum Gasteiger partial charge on any atom is 0.255 e. The predicted molar refractivity (Wildman–Crippen MR) is 89.0 cm³/mol. The molecule has 1 N–H and O–H groups in total. The lowest BCUT2D eigenvalue weighted by atomic mass is 9.94. The number of piperidine rings is 1. The molecule has 1 saturated heterocycles.